The van der Waals surface area contributed by atoms with Gasteiger partial charge in [-0.25, -0.2) is 4.79 Å². The molecule has 0 saturated carbocycles. The molecular weight excluding hydrogens is 351 g/mol. The van der Waals surface area contributed by atoms with E-state index >= 15 is 0 Å². The average Bonchev–Trinajstić information content (AvgIpc) is 3.11. The van der Waals surface area contributed by atoms with Crippen molar-refractivity contribution in [2.24, 2.45) is 0 Å². The Bertz CT molecular complexity index is 807. The number of carboxylic acid groups (broad SMARTS) is 1. The number of carbonyl (C=O) groups is 2. The first-order chi connectivity index (χ1) is 12.3. The van der Waals surface area contributed by atoms with Gasteiger partial charge in [0, 0.05) is 24.8 Å². The van der Waals surface area contributed by atoms with E-state index in [2.05, 4.69) is 5.10 Å². The van der Waals surface area contributed by atoms with E-state index < -0.39 is 17.7 Å². The number of likely N-dealkylation sites (tertiary alicyclic amines) is 1. The molecule has 6 nitrogen and oxygen atoms in total. The Morgan fingerprint density at radius 1 is 1.08 bits per heavy atom. The highest BCUT2D eigenvalue weighted by Crippen LogP contribution is 2.29. The van der Waals surface area contributed by atoms with E-state index in [1.807, 2.05) is 0 Å². The van der Waals surface area contributed by atoms with Gasteiger partial charge in [-0.05, 0) is 37.1 Å². The van der Waals surface area contributed by atoms with Crippen molar-refractivity contribution in [3.63, 3.8) is 0 Å². The van der Waals surface area contributed by atoms with Crippen LogP contribution in [-0.4, -0.2) is 44.8 Å². The molecule has 0 radical (unpaired) electrons. The molecule has 2 heterocycles. The van der Waals surface area contributed by atoms with Gasteiger partial charge >= 0.3 is 12.1 Å². The van der Waals surface area contributed by atoms with E-state index in [1.165, 1.54) is 24.5 Å². The van der Waals surface area contributed by atoms with Crippen LogP contribution < -0.4 is 0 Å². The lowest BCUT2D eigenvalue weighted by Gasteiger charge is -2.32. The second kappa shape index (κ2) is 6.81. The minimum absolute atomic E-state index is 0.0141. The van der Waals surface area contributed by atoms with Gasteiger partial charge in [0.2, 0.25) is 0 Å². The maximum absolute atomic E-state index is 12.6. The molecule has 0 spiro atoms. The number of aromatic carboxylic acids is 1. The van der Waals surface area contributed by atoms with Crippen molar-refractivity contribution in [1.29, 1.82) is 0 Å². The van der Waals surface area contributed by atoms with Crippen LogP contribution >= 0.6 is 0 Å². The van der Waals surface area contributed by atoms with Crippen molar-refractivity contribution in [2.75, 3.05) is 13.1 Å². The highest BCUT2D eigenvalue weighted by atomic mass is 19.4. The fourth-order valence-corrected chi connectivity index (χ4v) is 2.97. The van der Waals surface area contributed by atoms with Crippen molar-refractivity contribution in [3.05, 3.63) is 53.3 Å². The van der Waals surface area contributed by atoms with Crippen LogP contribution in [0.5, 0.6) is 0 Å². The van der Waals surface area contributed by atoms with Crippen LogP contribution in [0.4, 0.5) is 13.2 Å². The molecule has 26 heavy (non-hydrogen) atoms. The van der Waals surface area contributed by atoms with Gasteiger partial charge in [-0.15, -0.1) is 0 Å². The summed E-state index contributed by atoms with van der Waals surface area (Å²) < 4.78 is 39.4. The first kappa shape index (κ1) is 18.0. The molecule has 1 amide bonds. The topological polar surface area (TPSA) is 75.4 Å². The van der Waals surface area contributed by atoms with E-state index in [0.717, 1.165) is 12.1 Å². The van der Waals surface area contributed by atoms with Gasteiger partial charge in [-0.1, -0.05) is 0 Å². The highest BCUT2D eigenvalue weighted by Gasteiger charge is 2.31. The number of aromatic nitrogens is 2. The second-order valence-corrected chi connectivity index (χ2v) is 6.11. The quantitative estimate of drug-likeness (QED) is 0.905. The molecule has 2 aromatic rings. The minimum Gasteiger partial charge on any atom is -0.478 e. The first-order valence-corrected chi connectivity index (χ1v) is 7.99. The van der Waals surface area contributed by atoms with E-state index in [1.54, 1.807) is 9.58 Å². The van der Waals surface area contributed by atoms with Crippen LogP contribution in [0.1, 0.15) is 45.2 Å². The number of benzene rings is 1. The summed E-state index contributed by atoms with van der Waals surface area (Å²) in [5.41, 5.74) is -0.474. The van der Waals surface area contributed by atoms with Gasteiger partial charge in [0.25, 0.3) is 5.91 Å². The maximum atomic E-state index is 12.6. The summed E-state index contributed by atoms with van der Waals surface area (Å²) >= 11 is 0. The Morgan fingerprint density at radius 3 is 2.19 bits per heavy atom. The van der Waals surface area contributed by atoms with Crippen molar-refractivity contribution in [2.45, 2.75) is 25.1 Å². The van der Waals surface area contributed by atoms with Crippen LogP contribution in [0.3, 0.4) is 0 Å². The summed E-state index contributed by atoms with van der Waals surface area (Å²) in [6.45, 7) is 0.847. The van der Waals surface area contributed by atoms with E-state index in [0.29, 0.717) is 25.9 Å². The Morgan fingerprint density at radius 2 is 1.69 bits per heavy atom. The highest BCUT2D eigenvalue weighted by molar-refractivity contribution is 5.94. The molecule has 1 fully saturated rings. The number of amides is 1. The number of piperidine rings is 1. The summed E-state index contributed by atoms with van der Waals surface area (Å²) in [5, 5.41) is 13.0. The molecule has 1 aliphatic rings. The minimum atomic E-state index is -4.43. The lowest BCUT2D eigenvalue weighted by molar-refractivity contribution is -0.137. The largest absolute Gasteiger partial charge is 0.478 e. The number of alkyl halides is 3. The molecule has 3 rings (SSSR count). The first-order valence-electron chi connectivity index (χ1n) is 7.99. The third kappa shape index (κ3) is 3.71. The molecule has 1 aromatic heterocycles. The van der Waals surface area contributed by atoms with Gasteiger partial charge in [0.1, 0.15) is 0 Å². The smallest absolute Gasteiger partial charge is 0.416 e. The number of nitrogens with zero attached hydrogens (tertiary/aromatic N) is 3. The summed E-state index contributed by atoms with van der Waals surface area (Å²) in [6, 6.07) is 4.15. The van der Waals surface area contributed by atoms with Crippen LogP contribution in [0.25, 0.3) is 0 Å². The molecular formula is C17H16F3N3O3. The van der Waals surface area contributed by atoms with Gasteiger partial charge in [-0.3, -0.25) is 9.48 Å². The Hall–Kier alpha value is -2.84. The third-order valence-corrected chi connectivity index (χ3v) is 4.43. The zero-order valence-electron chi connectivity index (χ0n) is 13.6. The third-order valence-electron chi connectivity index (χ3n) is 4.43. The van der Waals surface area contributed by atoms with Crippen molar-refractivity contribution >= 4 is 11.9 Å². The molecule has 1 aliphatic heterocycles. The summed E-state index contributed by atoms with van der Waals surface area (Å²) in [7, 11) is 0. The molecule has 1 saturated heterocycles. The van der Waals surface area contributed by atoms with Crippen LogP contribution in [0, 0.1) is 0 Å². The fraction of sp³-hybridized carbons (Fsp3) is 0.353. The molecule has 9 heteroatoms. The second-order valence-electron chi connectivity index (χ2n) is 6.11. The van der Waals surface area contributed by atoms with Gasteiger partial charge in [0.05, 0.1) is 23.4 Å². The van der Waals surface area contributed by atoms with E-state index in [-0.39, 0.29) is 23.1 Å². The standard InChI is InChI=1S/C17H16F3N3O3/c18-17(19,20)13-3-1-11(2-4-13)15(24)22-7-5-14(6-8-22)23-10-12(9-21-23)16(25)26/h1-4,9-10,14H,5-8H2,(H,25,26). The van der Waals surface area contributed by atoms with E-state index in [9.17, 15) is 22.8 Å². The SMILES string of the molecule is O=C(O)c1cnn(C2CCN(C(=O)c3ccc(C(F)(F)F)cc3)CC2)c1. The average molecular weight is 367 g/mol. The fourth-order valence-electron chi connectivity index (χ4n) is 2.97. The molecule has 138 valence electrons. The zero-order valence-corrected chi connectivity index (χ0v) is 13.6. The zero-order chi connectivity index (χ0) is 18.9. The molecule has 0 unspecified atom stereocenters. The number of hydrogen-bond acceptors (Lipinski definition) is 3. The van der Waals surface area contributed by atoms with Crippen LogP contribution in [0.15, 0.2) is 36.7 Å². The molecule has 0 atom stereocenters. The molecule has 0 bridgehead atoms. The molecule has 1 N–H and O–H groups in total. The lowest BCUT2D eigenvalue weighted by atomic mass is 10.0. The number of carbonyl (C=O) groups excluding carboxylic acids is 1. The van der Waals surface area contributed by atoms with Gasteiger partial charge in [-0.2, -0.15) is 18.3 Å². The Kier molecular flexibility index (Phi) is 4.71. The summed E-state index contributed by atoms with van der Waals surface area (Å²) in [4.78, 5) is 24.9. The van der Waals surface area contributed by atoms with Crippen molar-refractivity contribution in [3.8, 4) is 0 Å². The number of carboxylic acids is 1. The van der Waals surface area contributed by atoms with Crippen LogP contribution in [-0.2, 0) is 6.18 Å². The number of rotatable bonds is 3. The van der Waals surface area contributed by atoms with Gasteiger partial charge < -0.3 is 10.0 Å². The predicted molar refractivity (Wildman–Crippen MR) is 84.8 cm³/mol. The monoisotopic (exact) mass is 367 g/mol. The molecule has 0 aliphatic carbocycles. The van der Waals surface area contributed by atoms with Crippen LogP contribution in [0.2, 0.25) is 0 Å². The van der Waals surface area contributed by atoms with Crippen molar-refractivity contribution in [1.82, 2.24) is 14.7 Å². The Labute approximate surface area is 146 Å². The normalized spacial score (nSPS) is 15.9. The summed E-state index contributed by atoms with van der Waals surface area (Å²) in [5.74, 6) is -1.37. The van der Waals surface area contributed by atoms with E-state index in [4.69, 9.17) is 5.11 Å². The number of halogens is 3. The van der Waals surface area contributed by atoms with Gasteiger partial charge in [0.15, 0.2) is 0 Å². The lowest BCUT2D eigenvalue weighted by Crippen LogP contribution is -2.39. The predicted octanol–water partition coefficient (Wildman–Crippen LogP) is 3.08. The molecule has 1 aromatic carbocycles. The summed E-state index contributed by atoms with van der Waals surface area (Å²) in [6.07, 6.45) is -0.513. The number of hydrogen-bond donors (Lipinski definition) is 1. The Balaban J connectivity index is 1.62. The maximum Gasteiger partial charge on any atom is 0.416 e. The van der Waals surface area contributed by atoms with Crippen molar-refractivity contribution < 1.29 is 27.9 Å².